The summed E-state index contributed by atoms with van der Waals surface area (Å²) in [6.07, 6.45) is 0. The van der Waals surface area contributed by atoms with Crippen LogP contribution in [0.1, 0.15) is 18.4 Å². The second-order valence-electron chi connectivity index (χ2n) is 3.16. The molecule has 0 aliphatic carbocycles. The quantitative estimate of drug-likeness (QED) is 0.749. The van der Waals surface area contributed by atoms with Gasteiger partial charge in [0.25, 0.3) is 0 Å². The van der Waals surface area contributed by atoms with Crippen molar-refractivity contribution in [3.8, 4) is 5.75 Å². The van der Waals surface area contributed by atoms with Gasteiger partial charge in [-0.3, -0.25) is 0 Å². The van der Waals surface area contributed by atoms with Gasteiger partial charge in [0.2, 0.25) is 0 Å². The number of phenolic OH excluding ortho intramolecular Hbond substituents is 1. The standard InChI is InChI=1S/C10H14FNO/c1-7(6-12-2)9-5-8(11)3-4-10(9)13/h3-5,7,12-13H,6H2,1-2H3. The lowest BCUT2D eigenvalue weighted by atomic mass is 10.00. The number of benzene rings is 1. The minimum absolute atomic E-state index is 0.112. The molecule has 0 radical (unpaired) electrons. The van der Waals surface area contributed by atoms with Crippen LogP contribution in [0.4, 0.5) is 4.39 Å². The summed E-state index contributed by atoms with van der Waals surface area (Å²) in [5.74, 6) is -0.0411. The van der Waals surface area contributed by atoms with Crippen LogP contribution in [0.25, 0.3) is 0 Å². The molecule has 0 bridgehead atoms. The van der Waals surface area contributed by atoms with E-state index in [2.05, 4.69) is 5.32 Å². The van der Waals surface area contributed by atoms with Crippen molar-refractivity contribution in [2.75, 3.05) is 13.6 Å². The average Bonchev–Trinajstić information content (AvgIpc) is 2.09. The molecule has 0 spiro atoms. The molecule has 2 nitrogen and oxygen atoms in total. The average molecular weight is 183 g/mol. The number of halogens is 1. The van der Waals surface area contributed by atoms with Crippen LogP contribution in [-0.4, -0.2) is 18.7 Å². The lowest BCUT2D eigenvalue weighted by Gasteiger charge is -2.12. The molecule has 1 aromatic carbocycles. The maximum absolute atomic E-state index is 12.8. The first-order valence-electron chi connectivity index (χ1n) is 4.28. The summed E-state index contributed by atoms with van der Waals surface area (Å²) in [6, 6.07) is 4.01. The molecule has 1 atom stereocenters. The van der Waals surface area contributed by atoms with E-state index in [1.165, 1.54) is 18.2 Å². The predicted octanol–water partition coefficient (Wildman–Crippen LogP) is 1.85. The van der Waals surface area contributed by atoms with E-state index in [4.69, 9.17) is 0 Å². The Morgan fingerprint density at radius 1 is 1.54 bits per heavy atom. The van der Waals surface area contributed by atoms with E-state index in [0.29, 0.717) is 5.56 Å². The molecule has 0 aromatic heterocycles. The van der Waals surface area contributed by atoms with Gasteiger partial charge in [-0.2, -0.15) is 0 Å². The molecule has 0 amide bonds. The molecular formula is C10H14FNO. The summed E-state index contributed by atoms with van der Waals surface area (Å²) in [5.41, 5.74) is 0.648. The van der Waals surface area contributed by atoms with Crippen LogP contribution in [0.3, 0.4) is 0 Å². The molecule has 72 valence electrons. The lowest BCUT2D eigenvalue weighted by molar-refractivity contribution is 0.458. The number of hydrogen-bond acceptors (Lipinski definition) is 2. The summed E-state index contributed by atoms with van der Waals surface area (Å²) in [4.78, 5) is 0. The highest BCUT2D eigenvalue weighted by Crippen LogP contribution is 2.25. The van der Waals surface area contributed by atoms with E-state index in [1.807, 2.05) is 14.0 Å². The van der Waals surface area contributed by atoms with Crippen molar-refractivity contribution < 1.29 is 9.50 Å². The van der Waals surface area contributed by atoms with Gasteiger partial charge in [-0.15, -0.1) is 0 Å². The smallest absolute Gasteiger partial charge is 0.123 e. The fraction of sp³-hybridized carbons (Fsp3) is 0.400. The summed E-state index contributed by atoms with van der Waals surface area (Å²) in [6.45, 7) is 2.65. The first-order chi connectivity index (χ1) is 6.15. The molecule has 13 heavy (non-hydrogen) atoms. The predicted molar refractivity (Wildman–Crippen MR) is 50.4 cm³/mol. The minimum atomic E-state index is -0.309. The molecule has 0 saturated carbocycles. The highest BCUT2D eigenvalue weighted by Gasteiger charge is 2.10. The van der Waals surface area contributed by atoms with Gasteiger partial charge >= 0.3 is 0 Å². The maximum Gasteiger partial charge on any atom is 0.123 e. The van der Waals surface area contributed by atoms with E-state index in [0.717, 1.165) is 6.54 Å². The van der Waals surface area contributed by atoms with Crippen molar-refractivity contribution in [2.24, 2.45) is 0 Å². The van der Waals surface area contributed by atoms with Gasteiger partial charge in [0, 0.05) is 12.1 Å². The van der Waals surface area contributed by atoms with Crippen LogP contribution in [0.2, 0.25) is 0 Å². The number of phenols is 1. The fourth-order valence-electron chi connectivity index (χ4n) is 1.34. The van der Waals surface area contributed by atoms with Crippen LogP contribution >= 0.6 is 0 Å². The summed E-state index contributed by atoms with van der Waals surface area (Å²) < 4.78 is 12.8. The third kappa shape index (κ3) is 2.42. The Morgan fingerprint density at radius 3 is 2.85 bits per heavy atom. The highest BCUT2D eigenvalue weighted by atomic mass is 19.1. The second-order valence-corrected chi connectivity index (χ2v) is 3.16. The first kappa shape index (κ1) is 9.99. The molecule has 1 unspecified atom stereocenters. The van der Waals surface area contributed by atoms with Crippen LogP contribution < -0.4 is 5.32 Å². The Labute approximate surface area is 77.4 Å². The van der Waals surface area contributed by atoms with Gasteiger partial charge < -0.3 is 10.4 Å². The number of nitrogens with one attached hydrogen (secondary N) is 1. The highest BCUT2D eigenvalue weighted by molar-refractivity contribution is 5.35. The first-order valence-corrected chi connectivity index (χ1v) is 4.28. The van der Waals surface area contributed by atoms with Crippen molar-refractivity contribution in [3.63, 3.8) is 0 Å². The molecule has 3 heteroatoms. The van der Waals surface area contributed by atoms with E-state index < -0.39 is 0 Å². The molecular weight excluding hydrogens is 169 g/mol. The maximum atomic E-state index is 12.8. The third-order valence-electron chi connectivity index (χ3n) is 2.03. The zero-order valence-corrected chi connectivity index (χ0v) is 7.84. The molecule has 0 fully saturated rings. The van der Waals surface area contributed by atoms with Gasteiger partial charge in [-0.1, -0.05) is 6.92 Å². The fourth-order valence-corrected chi connectivity index (χ4v) is 1.34. The molecule has 0 saturated heterocycles. The summed E-state index contributed by atoms with van der Waals surface area (Å²) >= 11 is 0. The Morgan fingerprint density at radius 2 is 2.23 bits per heavy atom. The van der Waals surface area contributed by atoms with Gasteiger partial charge in [0.05, 0.1) is 0 Å². The Balaban J connectivity index is 2.91. The van der Waals surface area contributed by atoms with Crippen molar-refractivity contribution >= 4 is 0 Å². The van der Waals surface area contributed by atoms with Crippen LogP contribution in [0, 0.1) is 5.82 Å². The van der Waals surface area contributed by atoms with Gasteiger partial charge in [-0.25, -0.2) is 4.39 Å². The molecule has 0 aliphatic rings. The zero-order chi connectivity index (χ0) is 9.84. The molecule has 0 heterocycles. The molecule has 1 aromatic rings. The zero-order valence-electron chi connectivity index (χ0n) is 7.84. The van der Waals surface area contributed by atoms with Crippen LogP contribution in [-0.2, 0) is 0 Å². The number of aromatic hydroxyl groups is 1. The third-order valence-corrected chi connectivity index (χ3v) is 2.03. The van der Waals surface area contributed by atoms with E-state index in [-0.39, 0.29) is 17.5 Å². The molecule has 1 rings (SSSR count). The second kappa shape index (κ2) is 4.23. The van der Waals surface area contributed by atoms with Crippen molar-refractivity contribution in [1.29, 1.82) is 0 Å². The number of hydrogen-bond donors (Lipinski definition) is 2. The number of rotatable bonds is 3. The van der Waals surface area contributed by atoms with Crippen LogP contribution in [0.15, 0.2) is 18.2 Å². The van der Waals surface area contributed by atoms with E-state index in [9.17, 15) is 9.50 Å². The van der Waals surface area contributed by atoms with Crippen molar-refractivity contribution in [1.82, 2.24) is 5.32 Å². The van der Waals surface area contributed by atoms with Crippen molar-refractivity contribution in [2.45, 2.75) is 12.8 Å². The summed E-state index contributed by atoms with van der Waals surface area (Å²) in [7, 11) is 1.83. The van der Waals surface area contributed by atoms with Crippen molar-refractivity contribution in [3.05, 3.63) is 29.6 Å². The number of likely N-dealkylation sites (N-methyl/N-ethyl adjacent to an activating group) is 1. The van der Waals surface area contributed by atoms with Crippen LogP contribution in [0.5, 0.6) is 5.75 Å². The normalized spacial score (nSPS) is 12.8. The topological polar surface area (TPSA) is 32.3 Å². The molecule has 0 aliphatic heterocycles. The summed E-state index contributed by atoms with van der Waals surface area (Å²) in [5, 5.41) is 12.4. The Hall–Kier alpha value is -1.09. The molecule has 2 N–H and O–H groups in total. The minimum Gasteiger partial charge on any atom is -0.508 e. The Kier molecular flexibility index (Phi) is 3.25. The monoisotopic (exact) mass is 183 g/mol. The van der Waals surface area contributed by atoms with E-state index in [1.54, 1.807) is 0 Å². The van der Waals surface area contributed by atoms with Gasteiger partial charge in [-0.05, 0) is 31.2 Å². The largest absolute Gasteiger partial charge is 0.508 e. The van der Waals surface area contributed by atoms with Gasteiger partial charge in [0.15, 0.2) is 0 Å². The van der Waals surface area contributed by atoms with E-state index >= 15 is 0 Å². The van der Waals surface area contributed by atoms with Gasteiger partial charge in [0.1, 0.15) is 11.6 Å². The Bertz CT molecular complexity index is 288. The lowest BCUT2D eigenvalue weighted by Crippen LogP contribution is -2.14. The SMILES string of the molecule is CNCC(C)c1cc(F)ccc1O.